The fourth-order valence-corrected chi connectivity index (χ4v) is 1.74. The van der Waals surface area contributed by atoms with E-state index in [2.05, 4.69) is 30.4 Å². The van der Waals surface area contributed by atoms with Gasteiger partial charge in [-0.3, -0.25) is 4.79 Å². The van der Waals surface area contributed by atoms with E-state index in [0.717, 1.165) is 4.90 Å². The van der Waals surface area contributed by atoms with Gasteiger partial charge in [-0.15, -0.1) is 6.58 Å². The van der Waals surface area contributed by atoms with Crippen molar-refractivity contribution in [2.45, 2.75) is 20.3 Å². The van der Waals surface area contributed by atoms with Gasteiger partial charge in [-0.25, -0.2) is 9.69 Å². The fraction of sp³-hybridized carbons (Fsp3) is 0.375. The first-order valence-electron chi connectivity index (χ1n) is 6.67. The minimum absolute atomic E-state index is 0.178. The lowest BCUT2D eigenvalue weighted by molar-refractivity contribution is -0.131. The summed E-state index contributed by atoms with van der Waals surface area (Å²) in [6.07, 6.45) is 1.73. The van der Waals surface area contributed by atoms with Crippen LogP contribution in [0.15, 0.2) is 43.0 Å². The number of amides is 2. The van der Waals surface area contributed by atoms with Gasteiger partial charge in [0.15, 0.2) is 0 Å². The molecule has 1 saturated heterocycles. The zero-order valence-electron chi connectivity index (χ0n) is 12.0. The van der Waals surface area contributed by atoms with Crippen LogP contribution < -0.4 is 0 Å². The van der Waals surface area contributed by atoms with E-state index in [0.29, 0.717) is 19.6 Å². The zero-order chi connectivity index (χ0) is 15.0. The molecule has 0 radical (unpaired) electrons. The van der Waals surface area contributed by atoms with E-state index in [1.807, 2.05) is 18.2 Å². The minimum atomic E-state index is -0.527. The lowest BCUT2D eigenvalue weighted by Gasteiger charge is -2.14. The van der Waals surface area contributed by atoms with Crippen molar-refractivity contribution in [3.8, 4) is 0 Å². The van der Waals surface area contributed by atoms with Gasteiger partial charge in [-0.05, 0) is 13.3 Å². The normalized spacial score (nSPS) is 14.9. The summed E-state index contributed by atoms with van der Waals surface area (Å²) in [6.45, 7) is 8.08. The van der Waals surface area contributed by atoms with Crippen LogP contribution >= 0.6 is 0 Å². The summed E-state index contributed by atoms with van der Waals surface area (Å²) in [7, 11) is 0. The molecule has 0 bridgehead atoms. The van der Waals surface area contributed by atoms with Gasteiger partial charge in [0.1, 0.15) is 6.61 Å². The number of cyclic esters (lactones) is 1. The molecule has 0 unspecified atom stereocenters. The summed E-state index contributed by atoms with van der Waals surface area (Å²) in [5.74, 6) is -0.370. The highest BCUT2D eigenvalue weighted by Gasteiger charge is 2.30. The Morgan fingerprint density at radius 3 is 2.50 bits per heavy atom. The second-order valence-corrected chi connectivity index (χ2v) is 4.68. The van der Waals surface area contributed by atoms with Crippen molar-refractivity contribution in [3.05, 3.63) is 48.6 Å². The van der Waals surface area contributed by atoms with Crippen LogP contribution in [-0.4, -0.2) is 30.1 Å². The van der Waals surface area contributed by atoms with Crippen LogP contribution in [-0.2, 0) is 9.53 Å². The number of aryl methyl sites for hydroxylation is 1. The Bertz CT molecular complexity index is 456. The van der Waals surface area contributed by atoms with Crippen molar-refractivity contribution in [3.63, 3.8) is 0 Å². The minimum Gasteiger partial charge on any atom is -0.447 e. The van der Waals surface area contributed by atoms with Gasteiger partial charge >= 0.3 is 6.09 Å². The molecule has 1 aromatic carbocycles. The lowest BCUT2D eigenvalue weighted by atomic mass is 10.1. The Hall–Kier alpha value is -2.10. The maximum Gasteiger partial charge on any atom is 0.416 e. The molecule has 0 spiro atoms. The second kappa shape index (κ2) is 8.15. The summed E-state index contributed by atoms with van der Waals surface area (Å²) in [5, 5.41) is 0. The van der Waals surface area contributed by atoms with Gasteiger partial charge in [0.2, 0.25) is 5.91 Å². The maximum atomic E-state index is 11.5. The number of ether oxygens (including phenoxy) is 1. The number of hydrogen-bond donors (Lipinski definition) is 0. The Labute approximate surface area is 120 Å². The van der Waals surface area contributed by atoms with E-state index >= 15 is 0 Å². The van der Waals surface area contributed by atoms with Crippen molar-refractivity contribution >= 4 is 12.0 Å². The van der Waals surface area contributed by atoms with Crippen LogP contribution in [0.3, 0.4) is 0 Å². The summed E-state index contributed by atoms with van der Waals surface area (Å²) >= 11 is 0. The Balaban J connectivity index is 0.000000240. The zero-order valence-corrected chi connectivity index (χ0v) is 12.0. The molecule has 1 aliphatic heterocycles. The molecule has 1 aromatic rings. The quantitative estimate of drug-likeness (QED) is 0.796. The van der Waals surface area contributed by atoms with Crippen LogP contribution in [0.4, 0.5) is 4.79 Å². The first kappa shape index (κ1) is 16.0. The number of carbonyl (C=O) groups excluding carboxylic acids is 2. The highest BCUT2D eigenvalue weighted by Crippen LogP contribution is 2.12. The van der Waals surface area contributed by atoms with Gasteiger partial charge in [-0.1, -0.05) is 48.9 Å². The Morgan fingerprint density at radius 2 is 2.10 bits per heavy atom. The van der Waals surface area contributed by atoms with E-state index in [4.69, 9.17) is 0 Å². The monoisotopic (exact) mass is 275 g/mol. The topological polar surface area (TPSA) is 46.6 Å². The number of imide groups is 1. The first-order valence-corrected chi connectivity index (χ1v) is 6.67. The molecule has 108 valence electrons. The average molecular weight is 275 g/mol. The van der Waals surface area contributed by atoms with E-state index in [1.165, 1.54) is 5.56 Å². The van der Waals surface area contributed by atoms with Crippen LogP contribution in [0.1, 0.15) is 18.9 Å². The molecule has 20 heavy (non-hydrogen) atoms. The molecule has 4 heteroatoms. The van der Waals surface area contributed by atoms with E-state index in [9.17, 15) is 9.59 Å². The van der Waals surface area contributed by atoms with Crippen LogP contribution in [0.25, 0.3) is 0 Å². The summed E-state index contributed by atoms with van der Waals surface area (Å²) < 4.78 is 4.66. The first-order chi connectivity index (χ1) is 9.56. The van der Waals surface area contributed by atoms with E-state index in [-0.39, 0.29) is 11.8 Å². The van der Waals surface area contributed by atoms with Crippen molar-refractivity contribution in [2.24, 2.45) is 5.92 Å². The van der Waals surface area contributed by atoms with Gasteiger partial charge in [-0.2, -0.15) is 0 Å². The lowest BCUT2D eigenvalue weighted by Crippen LogP contribution is -2.35. The number of allylic oxidation sites excluding steroid dienone is 1. The maximum absolute atomic E-state index is 11.5. The third-order valence-electron chi connectivity index (χ3n) is 2.91. The molecule has 0 N–H and O–H groups in total. The predicted octanol–water partition coefficient (Wildman–Crippen LogP) is 3.17. The smallest absolute Gasteiger partial charge is 0.416 e. The van der Waals surface area contributed by atoms with E-state index in [1.54, 1.807) is 13.0 Å². The number of hydrogen-bond acceptors (Lipinski definition) is 3. The van der Waals surface area contributed by atoms with Crippen molar-refractivity contribution in [1.29, 1.82) is 0 Å². The molecule has 1 atom stereocenters. The highest BCUT2D eigenvalue weighted by atomic mass is 16.6. The molecule has 0 aromatic heterocycles. The molecule has 4 nitrogen and oxygen atoms in total. The molecule has 1 fully saturated rings. The van der Waals surface area contributed by atoms with Crippen molar-refractivity contribution in [1.82, 2.24) is 4.90 Å². The average Bonchev–Trinajstić information content (AvgIpc) is 2.86. The Morgan fingerprint density at radius 1 is 1.45 bits per heavy atom. The number of carbonyl (C=O) groups is 2. The van der Waals surface area contributed by atoms with Gasteiger partial charge in [0, 0.05) is 5.92 Å². The molecule has 1 heterocycles. The summed E-state index contributed by atoms with van der Waals surface area (Å²) in [6, 6.07) is 10.3. The standard InChI is InChI=1S/C9H13NO3.C7H8/c1-3-4-7(2)8(11)10-5-6-13-9(10)12;1-7-5-3-2-4-6-7/h3,7H,1,4-6H2,2H3;2-6H,1H3/t7-;/m1./s1. The van der Waals surface area contributed by atoms with Crippen LogP contribution in [0.2, 0.25) is 0 Å². The number of benzene rings is 1. The Kier molecular flexibility index (Phi) is 6.50. The fourth-order valence-electron chi connectivity index (χ4n) is 1.74. The summed E-state index contributed by atoms with van der Waals surface area (Å²) in [4.78, 5) is 23.7. The SMILES string of the molecule is C=CC[C@@H](C)C(=O)N1CCOC1=O.Cc1ccccc1. The largest absolute Gasteiger partial charge is 0.447 e. The van der Waals surface area contributed by atoms with Crippen LogP contribution in [0.5, 0.6) is 0 Å². The van der Waals surface area contributed by atoms with Gasteiger partial charge in [0.25, 0.3) is 0 Å². The number of rotatable bonds is 3. The molecule has 2 amide bonds. The van der Waals surface area contributed by atoms with E-state index < -0.39 is 6.09 Å². The predicted molar refractivity (Wildman–Crippen MR) is 78.2 cm³/mol. The third kappa shape index (κ3) is 4.88. The third-order valence-corrected chi connectivity index (χ3v) is 2.91. The van der Waals surface area contributed by atoms with Crippen LogP contribution in [0, 0.1) is 12.8 Å². The number of nitrogens with zero attached hydrogens (tertiary/aromatic N) is 1. The molecule has 0 aliphatic carbocycles. The highest BCUT2D eigenvalue weighted by molar-refractivity contribution is 5.94. The van der Waals surface area contributed by atoms with Crippen molar-refractivity contribution in [2.75, 3.05) is 13.2 Å². The van der Waals surface area contributed by atoms with Gasteiger partial charge in [0.05, 0.1) is 6.54 Å². The second-order valence-electron chi connectivity index (χ2n) is 4.68. The molecule has 2 rings (SSSR count). The molecular formula is C16H21NO3. The molecular weight excluding hydrogens is 254 g/mol. The molecule has 0 saturated carbocycles. The van der Waals surface area contributed by atoms with Gasteiger partial charge < -0.3 is 4.74 Å². The molecule has 1 aliphatic rings. The van der Waals surface area contributed by atoms with Crippen molar-refractivity contribution < 1.29 is 14.3 Å². The summed E-state index contributed by atoms with van der Waals surface area (Å²) in [5.41, 5.74) is 1.32.